The Morgan fingerprint density at radius 2 is 1.37 bits per heavy atom. The van der Waals surface area contributed by atoms with Crippen molar-refractivity contribution in [3.63, 3.8) is 0 Å². The topological polar surface area (TPSA) is 105 Å². The predicted octanol–water partition coefficient (Wildman–Crippen LogP) is 4.23. The molecule has 3 N–H and O–H groups in total. The Bertz CT molecular complexity index is 1450. The third kappa shape index (κ3) is 14.5. The number of rotatable bonds is 19. The van der Waals surface area contributed by atoms with Crippen molar-refractivity contribution < 1.29 is 14.2 Å². The second kappa shape index (κ2) is 21.2. The molecule has 46 heavy (non-hydrogen) atoms. The van der Waals surface area contributed by atoms with Gasteiger partial charge in [0.25, 0.3) is 5.91 Å². The van der Waals surface area contributed by atoms with Crippen molar-refractivity contribution in [1.29, 1.82) is 0 Å². The summed E-state index contributed by atoms with van der Waals surface area (Å²) in [6.45, 7) is 3.54. The fraction of sp³-hybridized carbons (Fsp3) is 0.265. The van der Waals surface area contributed by atoms with E-state index in [1.807, 2.05) is 128 Å². The van der Waals surface area contributed by atoms with E-state index in [0.29, 0.717) is 13.1 Å². The molecule has 0 unspecified atom stereocenters. The molecule has 0 aliphatic heterocycles. The number of anilines is 2. The minimum absolute atomic E-state index is 0.0389. The Balaban J connectivity index is 1.19. The summed E-state index contributed by atoms with van der Waals surface area (Å²) in [4.78, 5) is 24.4. The van der Waals surface area contributed by atoms with E-state index in [4.69, 9.17) is 0 Å². The number of amides is 2. The SMILES string of the molecule is C/C=C(\C=C/NCC(=O)NCCSSCCNC(=O)C[n+]1ccc(/C=N/N(C)c2ccccc2)cc1)/C=N/N(C)c1ccccc1. The van der Waals surface area contributed by atoms with Gasteiger partial charge in [0.2, 0.25) is 12.5 Å². The van der Waals surface area contributed by atoms with E-state index in [2.05, 4.69) is 26.2 Å². The van der Waals surface area contributed by atoms with Gasteiger partial charge in [-0.05, 0) is 49.0 Å². The average molecular weight is 660 g/mol. The Morgan fingerprint density at radius 3 is 1.96 bits per heavy atom. The van der Waals surface area contributed by atoms with E-state index in [-0.39, 0.29) is 24.9 Å². The smallest absolute Gasteiger partial charge is 0.286 e. The third-order valence-corrected chi connectivity index (χ3v) is 8.76. The van der Waals surface area contributed by atoms with E-state index < -0.39 is 0 Å². The second-order valence-corrected chi connectivity index (χ2v) is 12.6. The third-order valence-electron chi connectivity index (χ3n) is 6.35. The van der Waals surface area contributed by atoms with E-state index in [1.54, 1.807) is 45.2 Å². The number of nitrogens with one attached hydrogen (secondary N) is 3. The number of carbonyl (C=O) groups is 2. The van der Waals surface area contributed by atoms with Gasteiger partial charge in [0.1, 0.15) is 0 Å². The first-order valence-corrected chi connectivity index (χ1v) is 17.4. The molecule has 1 aromatic heterocycles. The Hall–Kier alpha value is -4.55. The van der Waals surface area contributed by atoms with Crippen LogP contribution in [-0.2, 0) is 16.1 Å². The van der Waals surface area contributed by atoms with Crippen LogP contribution >= 0.6 is 21.6 Å². The molecular weight excluding hydrogens is 617 g/mol. The Morgan fingerprint density at radius 1 is 0.804 bits per heavy atom. The highest BCUT2D eigenvalue weighted by Crippen LogP contribution is 2.19. The molecule has 0 saturated heterocycles. The maximum absolute atomic E-state index is 12.3. The van der Waals surface area contributed by atoms with Crippen LogP contribution in [-0.4, -0.2) is 69.5 Å². The molecule has 1 heterocycles. The fourth-order valence-corrected chi connectivity index (χ4v) is 5.59. The maximum atomic E-state index is 12.3. The lowest BCUT2D eigenvalue weighted by molar-refractivity contribution is -0.684. The largest absolute Gasteiger partial charge is 0.382 e. The normalized spacial score (nSPS) is 11.7. The van der Waals surface area contributed by atoms with Gasteiger partial charge in [-0.2, -0.15) is 14.8 Å². The molecule has 10 nitrogen and oxygen atoms in total. The van der Waals surface area contributed by atoms with Crippen LogP contribution in [0.15, 0.2) is 119 Å². The van der Waals surface area contributed by atoms with Crippen LogP contribution in [0.5, 0.6) is 0 Å². The van der Waals surface area contributed by atoms with E-state index in [9.17, 15) is 9.59 Å². The van der Waals surface area contributed by atoms with Crippen molar-refractivity contribution in [3.05, 3.63) is 115 Å². The number of pyridine rings is 1. The summed E-state index contributed by atoms with van der Waals surface area (Å²) < 4.78 is 1.84. The minimum atomic E-state index is -0.0700. The second-order valence-electron chi connectivity index (χ2n) is 9.86. The molecule has 0 atom stereocenters. The highest BCUT2D eigenvalue weighted by molar-refractivity contribution is 8.76. The molecule has 0 fully saturated rings. The number of benzene rings is 2. The maximum Gasteiger partial charge on any atom is 0.286 e. The minimum Gasteiger partial charge on any atom is -0.382 e. The van der Waals surface area contributed by atoms with Gasteiger partial charge < -0.3 is 16.0 Å². The zero-order chi connectivity index (χ0) is 32.8. The quantitative estimate of drug-likeness (QED) is 0.0442. The lowest BCUT2D eigenvalue weighted by Crippen LogP contribution is -2.42. The van der Waals surface area contributed by atoms with Crippen molar-refractivity contribution >= 4 is 57.2 Å². The van der Waals surface area contributed by atoms with Crippen molar-refractivity contribution in [1.82, 2.24) is 16.0 Å². The molecule has 2 amide bonds. The number of hydrogen-bond donors (Lipinski definition) is 3. The van der Waals surface area contributed by atoms with Crippen LogP contribution in [0.4, 0.5) is 11.4 Å². The van der Waals surface area contributed by atoms with Gasteiger partial charge in [0, 0.05) is 56.4 Å². The summed E-state index contributed by atoms with van der Waals surface area (Å²) in [5, 5.41) is 21.4. The summed E-state index contributed by atoms with van der Waals surface area (Å²) in [5.74, 6) is 1.45. The van der Waals surface area contributed by atoms with Crippen LogP contribution in [0.2, 0.25) is 0 Å². The van der Waals surface area contributed by atoms with Crippen LogP contribution in [0.1, 0.15) is 12.5 Å². The highest BCUT2D eigenvalue weighted by Gasteiger charge is 2.08. The first-order valence-electron chi connectivity index (χ1n) is 14.9. The Kier molecular flexibility index (Phi) is 16.6. The van der Waals surface area contributed by atoms with Crippen molar-refractivity contribution in [2.75, 3.05) is 55.3 Å². The molecule has 3 rings (SSSR count). The van der Waals surface area contributed by atoms with Gasteiger partial charge in [-0.1, -0.05) is 64.1 Å². The fourth-order valence-electron chi connectivity index (χ4n) is 3.77. The van der Waals surface area contributed by atoms with Gasteiger partial charge in [0.05, 0.1) is 30.3 Å². The number of hydrazone groups is 2. The van der Waals surface area contributed by atoms with E-state index in [1.165, 1.54) is 0 Å². The molecule has 0 bridgehead atoms. The van der Waals surface area contributed by atoms with Gasteiger partial charge in [-0.3, -0.25) is 19.6 Å². The standard InChI is InChI=1S/C34H42N8O2S2/c1-4-29(25-38-40(2)31-11-7-5-8-12-31)15-18-35-27-33(43)36-19-23-45-46-24-20-37-34(44)28-42-21-16-30(17-22-42)26-39-41(3)32-13-9-6-10-14-32/h4-18,21-22,25-26,35H,19-20,23-24,27-28H2,1-3H3,(H-,36,37,43,44)/p+1/b18-15-,29-4+,38-25+. The lowest BCUT2D eigenvalue weighted by atomic mass is 10.3. The monoisotopic (exact) mass is 659 g/mol. The van der Waals surface area contributed by atoms with Crippen LogP contribution in [0.3, 0.4) is 0 Å². The first kappa shape index (κ1) is 35.9. The molecule has 0 radical (unpaired) electrons. The molecule has 2 aromatic carbocycles. The molecule has 242 valence electrons. The van der Waals surface area contributed by atoms with Crippen molar-refractivity contribution in [2.24, 2.45) is 10.2 Å². The lowest BCUT2D eigenvalue weighted by Gasteiger charge is -2.12. The average Bonchev–Trinajstić information content (AvgIpc) is 3.09. The van der Waals surface area contributed by atoms with Crippen LogP contribution in [0.25, 0.3) is 0 Å². The Labute approximate surface area is 280 Å². The zero-order valence-electron chi connectivity index (χ0n) is 26.6. The highest BCUT2D eigenvalue weighted by atomic mass is 33.1. The van der Waals surface area contributed by atoms with Crippen molar-refractivity contribution in [2.45, 2.75) is 13.5 Å². The number of nitrogens with zero attached hydrogens (tertiary/aromatic N) is 5. The summed E-state index contributed by atoms with van der Waals surface area (Å²) in [5.41, 5.74) is 3.87. The van der Waals surface area contributed by atoms with Gasteiger partial charge in [-0.25, -0.2) is 0 Å². The molecule has 0 spiro atoms. The molecule has 3 aromatic rings. The predicted molar refractivity (Wildman–Crippen MR) is 194 cm³/mol. The summed E-state index contributed by atoms with van der Waals surface area (Å²) in [7, 11) is 7.13. The molecule has 0 aliphatic carbocycles. The summed E-state index contributed by atoms with van der Waals surface area (Å²) in [6.07, 6.45) is 12.9. The van der Waals surface area contributed by atoms with Gasteiger partial charge in [0.15, 0.2) is 12.4 Å². The summed E-state index contributed by atoms with van der Waals surface area (Å²) >= 11 is 0. The number of hydrogen-bond acceptors (Lipinski definition) is 9. The van der Waals surface area contributed by atoms with Gasteiger partial charge >= 0.3 is 0 Å². The van der Waals surface area contributed by atoms with Crippen LogP contribution < -0.4 is 30.5 Å². The zero-order valence-corrected chi connectivity index (χ0v) is 28.2. The molecular formula is C34H43N8O2S2+. The number of para-hydroxylation sites is 2. The van der Waals surface area contributed by atoms with Crippen molar-refractivity contribution in [3.8, 4) is 0 Å². The van der Waals surface area contributed by atoms with Crippen LogP contribution in [0, 0.1) is 0 Å². The molecule has 12 heteroatoms. The summed E-state index contributed by atoms with van der Waals surface area (Å²) in [6, 6.07) is 23.7. The number of aromatic nitrogens is 1. The van der Waals surface area contributed by atoms with Gasteiger partial charge in [-0.15, -0.1) is 0 Å². The number of allylic oxidation sites excluding steroid dienone is 3. The first-order chi connectivity index (χ1) is 22.4. The van der Waals surface area contributed by atoms with E-state index in [0.717, 1.165) is 34.0 Å². The molecule has 0 aliphatic rings. The molecule has 0 saturated carbocycles. The number of carbonyl (C=O) groups excluding carboxylic acids is 2. The van der Waals surface area contributed by atoms with E-state index >= 15 is 0 Å².